The van der Waals surface area contributed by atoms with Crippen molar-refractivity contribution in [3.05, 3.63) is 99.1 Å². The molecule has 0 aliphatic carbocycles. The minimum Gasteiger partial charge on any atom is -0.490 e. The number of nitrogens with zero attached hydrogens (tertiary/aromatic N) is 1. The van der Waals surface area contributed by atoms with Gasteiger partial charge >= 0.3 is 0 Å². The smallest absolute Gasteiger partial charge is 0.277 e. The topological polar surface area (TPSA) is 69.2 Å². The highest BCUT2D eigenvalue weighted by molar-refractivity contribution is 14.1. The number of allylic oxidation sites excluding steroid dienone is 1. The van der Waals surface area contributed by atoms with Crippen molar-refractivity contribution in [2.45, 2.75) is 24.5 Å². The van der Waals surface area contributed by atoms with E-state index in [-0.39, 0.29) is 12.5 Å². The van der Waals surface area contributed by atoms with Crippen molar-refractivity contribution in [1.29, 1.82) is 0 Å². The standard InChI is InChI=1S/C30H31IN2O4S2/c1-3-5-24-16-22(17-27(35-4-2)29(24)37-19-21-6-10-25(31)11-7-21)18-32-33-28(34)20-36-26-12-8-23(9-13-26)30-38-14-15-39-30/h3,6-13,16-18,30H,1,4-5,14-15,19-20H2,2H3,(H,33,34)/b32-18-. The largest absolute Gasteiger partial charge is 0.490 e. The maximum atomic E-state index is 12.3. The summed E-state index contributed by atoms with van der Waals surface area (Å²) < 4.78 is 19.4. The zero-order valence-corrected chi connectivity index (χ0v) is 25.5. The minimum absolute atomic E-state index is 0.124. The number of hydrogen-bond acceptors (Lipinski definition) is 7. The third kappa shape index (κ3) is 8.94. The van der Waals surface area contributed by atoms with Crippen molar-refractivity contribution in [3.8, 4) is 17.2 Å². The summed E-state index contributed by atoms with van der Waals surface area (Å²) in [5.74, 6) is 3.98. The van der Waals surface area contributed by atoms with Crippen LogP contribution in [0.3, 0.4) is 0 Å². The first-order valence-electron chi connectivity index (χ1n) is 12.6. The number of hydrazone groups is 1. The molecule has 1 heterocycles. The first-order valence-corrected chi connectivity index (χ1v) is 15.8. The molecule has 0 unspecified atom stereocenters. The van der Waals surface area contributed by atoms with Gasteiger partial charge in [0.25, 0.3) is 5.91 Å². The van der Waals surface area contributed by atoms with E-state index in [1.165, 1.54) is 20.6 Å². The zero-order valence-electron chi connectivity index (χ0n) is 21.7. The second-order valence-corrected chi connectivity index (χ2v) is 12.5. The van der Waals surface area contributed by atoms with Gasteiger partial charge in [-0.05, 0) is 89.0 Å². The molecule has 3 aromatic rings. The molecule has 4 rings (SSSR count). The lowest BCUT2D eigenvalue weighted by Gasteiger charge is -2.17. The number of rotatable bonds is 13. The van der Waals surface area contributed by atoms with Gasteiger partial charge in [0.1, 0.15) is 12.4 Å². The number of carbonyl (C=O) groups excluding carboxylic acids is 1. The van der Waals surface area contributed by atoms with Crippen molar-refractivity contribution in [1.82, 2.24) is 5.43 Å². The molecule has 6 nitrogen and oxygen atoms in total. The van der Waals surface area contributed by atoms with Crippen LogP contribution >= 0.6 is 46.1 Å². The lowest BCUT2D eigenvalue weighted by atomic mass is 10.1. The molecule has 0 bridgehead atoms. The molecular weight excluding hydrogens is 643 g/mol. The average molecular weight is 675 g/mol. The van der Waals surface area contributed by atoms with Crippen LogP contribution in [-0.4, -0.2) is 36.8 Å². The Bertz CT molecular complexity index is 1280. The molecule has 1 amide bonds. The van der Waals surface area contributed by atoms with Crippen LogP contribution in [0.25, 0.3) is 0 Å². The molecule has 0 saturated carbocycles. The summed E-state index contributed by atoms with van der Waals surface area (Å²) in [6, 6.07) is 20.0. The number of nitrogens with one attached hydrogen (secondary N) is 1. The lowest BCUT2D eigenvalue weighted by Crippen LogP contribution is -2.24. The number of halogens is 1. The third-order valence-electron chi connectivity index (χ3n) is 5.66. The second kappa shape index (κ2) is 15.2. The Morgan fingerprint density at radius 3 is 2.51 bits per heavy atom. The maximum absolute atomic E-state index is 12.3. The normalized spacial score (nSPS) is 13.4. The van der Waals surface area contributed by atoms with Crippen LogP contribution in [0.5, 0.6) is 17.2 Å². The fourth-order valence-electron chi connectivity index (χ4n) is 3.86. The lowest BCUT2D eigenvalue weighted by molar-refractivity contribution is -0.123. The molecule has 0 atom stereocenters. The van der Waals surface area contributed by atoms with E-state index in [1.807, 2.05) is 72.9 Å². The molecule has 1 N–H and O–H groups in total. The predicted molar refractivity (Wildman–Crippen MR) is 170 cm³/mol. The highest BCUT2D eigenvalue weighted by Crippen LogP contribution is 2.45. The quantitative estimate of drug-likeness (QED) is 0.0912. The van der Waals surface area contributed by atoms with Gasteiger partial charge in [-0.15, -0.1) is 30.1 Å². The number of thioether (sulfide) groups is 2. The minimum atomic E-state index is -0.342. The van der Waals surface area contributed by atoms with E-state index >= 15 is 0 Å². The number of amides is 1. The van der Waals surface area contributed by atoms with Gasteiger partial charge in [-0.25, -0.2) is 5.43 Å². The summed E-state index contributed by atoms with van der Waals surface area (Å²) in [6.07, 6.45) is 4.00. The van der Waals surface area contributed by atoms with Crippen molar-refractivity contribution < 1.29 is 19.0 Å². The van der Waals surface area contributed by atoms with E-state index in [0.717, 1.165) is 16.7 Å². The first kappa shape index (κ1) is 29.4. The summed E-state index contributed by atoms with van der Waals surface area (Å²) in [7, 11) is 0. The van der Waals surface area contributed by atoms with E-state index in [9.17, 15) is 4.79 Å². The Kier molecular flexibility index (Phi) is 11.5. The van der Waals surface area contributed by atoms with E-state index in [0.29, 0.717) is 41.5 Å². The molecule has 9 heteroatoms. The van der Waals surface area contributed by atoms with Gasteiger partial charge in [0.2, 0.25) is 0 Å². The molecule has 39 heavy (non-hydrogen) atoms. The molecule has 1 saturated heterocycles. The van der Waals surface area contributed by atoms with E-state index < -0.39 is 0 Å². The van der Waals surface area contributed by atoms with E-state index in [4.69, 9.17) is 14.2 Å². The Hall–Kier alpha value is -2.63. The van der Waals surface area contributed by atoms with Gasteiger partial charge in [-0.1, -0.05) is 30.3 Å². The van der Waals surface area contributed by atoms with Crippen LogP contribution in [0.4, 0.5) is 0 Å². The maximum Gasteiger partial charge on any atom is 0.277 e. The van der Waals surface area contributed by atoms with Crippen LogP contribution in [0.2, 0.25) is 0 Å². The van der Waals surface area contributed by atoms with Crippen molar-refractivity contribution in [2.24, 2.45) is 5.10 Å². The predicted octanol–water partition coefficient (Wildman–Crippen LogP) is 7.01. The summed E-state index contributed by atoms with van der Waals surface area (Å²) in [4.78, 5) is 12.3. The molecule has 1 fully saturated rings. The number of hydrogen-bond donors (Lipinski definition) is 1. The third-order valence-corrected chi connectivity index (χ3v) is 9.49. The van der Waals surface area contributed by atoms with E-state index in [2.05, 4.69) is 64.0 Å². The van der Waals surface area contributed by atoms with Crippen molar-refractivity contribution in [2.75, 3.05) is 24.7 Å². The first-order chi connectivity index (χ1) is 19.1. The summed E-state index contributed by atoms with van der Waals surface area (Å²) in [5.41, 5.74) is 6.58. The SMILES string of the molecule is C=CCc1cc(/C=N\NC(=O)COc2ccc(C3SCCS3)cc2)cc(OCC)c1OCc1ccc(I)cc1. The van der Waals surface area contributed by atoms with Crippen LogP contribution in [0, 0.1) is 3.57 Å². The zero-order chi connectivity index (χ0) is 27.5. The van der Waals surface area contributed by atoms with Crippen LogP contribution in [-0.2, 0) is 17.8 Å². The molecule has 204 valence electrons. The number of benzene rings is 3. The Balaban J connectivity index is 1.35. The number of ether oxygens (including phenoxy) is 3. The van der Waals surface area contributed by atoms with Gasteiger partial charge in [-0.2, -0.15) is 5.10 Å². The monoisotopic (exact) mass is 674 g/mol. The van der Waals surface area contributed by atoms with Gasteiger partial charge in [0.05, 0.1) is 17.4 Å². The van der Waals surface area contributed by atoms with Crippen LogP contribution in [0.15, 0.2) is 78.4 Å². The van der Waals surface area contributed by atoms with Gasteiger partial charge in [0, 0.05) is 20.6 Å². The molecule has 3 aromatic carbocycles. The van der Waals surface area contributed by atoms with Crippen LogP contribution < -0.4 is 19.6 Å². The second-order valence-electron chi connectivity index (χ2n) is 8.57. The Labute approximate surface area is 252 Å². The highest BCUT2D eigenvalue weighted by Gasteiger charge is 2.18. The fraction of sp³-hybridized carbons (Fsp3) is 0.267. The fourth-order valence-corrected chi connectivity index (χ4v) is 7.08. The van der Waals surface area contributed by atoms with Gasteiger partial charge < -0.3 is 14.2 Å². The van der Waals surface area contributed by atoms with E-state index in [1.54, 1.807) is 6.21 Å². The Morgan fingerprint density at radius 1 is 1.08 bits per heavy atom. The van der Waals surface area contributed by atoms with Gasteiger partial charge in [0.15, 0.2) is 18.1 Å². The van der Waals surface area contributed by atoms with Gasteiger partial charge in [-0.3, -0.25) is 4.79 Å². The molecule has 0 spiro atoms. The number of carbonyl (C=O) groups is 1. The molecule has 0 aromatic heterocycles. The van der Waals surface area contributed by atoms with Crippen LogP contribution in [0.1, 0.15) is 33.8 Å². The summed E-state index contributed by atoms with van der Waals surface area (Å²) in [5, 5.41) is 4.12. The molecule has 1 aliphatic rings. The van der Waals surface area contributed by atoms with Crippen molar-refractivity contribution in [3.63, 3.8) is 0 Å². The molecule has 0 radical (unpaired) electrons. The average Bonchev–Trinajstić information content (AvgIpc) is 3.48. The summed E-state index contributed by atoms with van der Waals surface area (Å²) in [6.45, 7) is 6.60. The molecule has 1 aliphatic heterocycles. The summed E-state index contributed by atoms with van der Waals surface area (Å²) >= 11 is 6.20. The highest BCUT2D eigenvalue weighted by atomic mass is 127. The Morgan fingerprint density at radius 2 is 1.82 bits per heavy atom. The molecular formula is C30H31IN2O4S2. The van der Waals surface area contributed by atoms with Crippen molar-refractivity contribution >= 4 is 58.2 Å².